The average Bonchev–Trinajstić information content (AvgIpc) is 1.63. The summed E-state index contributed by atoms with van der Waals surface area (Å²) in [4.78, 5) is 11.1. The highest BCUT2D eigenvalue weighted by Gasteiger charge is 1.93. The van der Waals surface area contributed by atoms with Crippen molar-refractivity contribution in [2.45, 2.75) is 26.2 Å². The standard InChI is InChI=1S/C6H11NOS/c1-5(9)3-2-4-6(7)8/h2-4H2,1H3,(H2,7,8). The molecule has 0 fully saturated rings. The Balaban J connectivity index is 3.10. The van der Waals surface area contributed by atoms with E-state index >= 15 is 0 Å². The van der Waals surface area contributed by atoms with Crippen molar-refractivity contribution in [1.82, 2.24) is 0 Å². The lowest BCUT2D eigenvalue weighted by Gasteiger charge is -1.93. The van der Waals surface area contributed by atoms with Gasteiger partial charge in [-0.2, -0.15) is 0 Å². The Morgan fingerprint density at radius 3 is 2.44 bits per heavy atom. The van der Waals surface area contributed by atoms with Crippen LogP contribution < -0.4 is 5.73 Å². The van der Waals surface area contributed by atoms with Gasteiger partial charge in [-0.05, 0) is 24.6 Å². The van der Waals surface area contributed by atoms with E-state index in [9.17, 15) is 4.79 Å². The first-order valence-corrected chi connectivity index (χ1v) is 3.31. The topological polar surface area (TPSA) is 43.1 Å². The van der Waals surface area contributed by atoms with Crippen LogP contribution in [0.2, 0.25) is 0 Å². The van der Waals surface area contributed by atoms with Gasteiger partial charge in [-0.1, -0.05) is 12.2 Å². The maximum atomic E-state index is 10.2. The molecule has 0 aliphatic carbocycles. The first kappa shape index (κ1) is 8.56. The van der Waals surface area contributed by atoms with Crippen LogP contribution in [0.4, 0.5) is 0 Å². The molecule has 1 amide bonds. The van der Waals surface area contributed by atoms with E-state index < -0.39 is 0 Å². The van der Waals surface area contributed by atoms with Gasteiger partial charge in [0.25, 0.3) is 0 Å². The van der Waals surface area contributed by atoms with Crippen LogP contribution in [0.15, 0.2) is 0 Å². The Labute approximate surface area is 60.4 Å². The lowest BCUT2D eigenvalue weighted by Crippen LogP contribution is -2.09. The van der Waals surface area contributed by atoms with Gasteiger partial charge < -0.3 is 5.73 Å². The number of hydrogen-bond acceptors (Lipinski definition) is 2. The summed E-state index contributed by atoms with van der Waals surface area (Å²) < 4.78 is 0. The molecule has 0 atom stereocenters. The molecule has 0 unspecified atom stereocenters. The maximum absolute atomic E-state index is 10.2. The number of rotatable bonds is 4. The Morgan fingerprint density at radius 2 is 2.11 bits per heavy atom. The summed E-state index contributed by atoms with van der Waals surface area (Å²) >= 11 is 4.80. The van der Waals surface area contributed by atoms with Crippen LogP contribution in [0, 0.1) is 0 Å². The lowest BCUT2D eigenvalue weighted by molar-refractivity contribution is -0.118. The average molecular weight is 145 g/mol. The van der Waals surface area contributed by atoms with Crippen LogP contribution in [0.3, 0.4) is 0 Å². The fourth-order valence-electron chi connectivity index (χ4n) is 0.512. The van der Waals surface area contributed by atoms with Crippen molar-refractivity contribution in [3.05, 3.63) is 0 Å². The fraction of sp³-hybridized carbons (Fsp3) is 0.667. The second kappa shape index (κ2) is 4.44. The molecule has 0 rings (SSSR count). The Morgan fingerprint density at radius 1 is 1.56 bits per heavy atom. The molecule has 0 saturated heterocycles. The Hall–Kier alpha value is -0.440. The minimum absolute atomic E-state index is 0.244. The molecule has 0 aromatic rings. The van der Waals surface area contributed by atoms with E-state index in [2.05, 4.69) is 0 Å². The zero-order valence-corrected chi connectivity index (χ0v) is 6.33. The zero-order chi connectivity index (χ0) is 7.28. The van der Waals surface area contributed by atoms with Gasteiger partial charge in [0.05, 0.1) is 0 Å². The first-order chi connectivity index (χ1) is 4.13. The Bertz CT molecular complexity index is 108. The highest BCUT2D eigenvalue weighted by atomic mass is 32.1. The molecule has 0 radical (unpaired) electrons. The normalized spacial score (nSPS) is 9.00. The van der Waals surface area contributed by atoms with Crippen molar-refractivity contribution in [3.8, 4) is 0 Å². The predicted octanol–water partition coefficient (Wildman–Crippen LogP) is 1.03. The molecular weight excluding hydrogens is 134 g/mol. The van der Waals surface area contributed by atoms with Crippen molar-refractivity contribution in [1.29, 1.82) is 0 Å². The molecule has 0 aromatic heterocycles. The summed E-state index contributed by atoms with van der Waals surface area (Å²) in [7, 11) is 0. The maximum Gasteiger partial charge on any atom is 0.217 e. The quantitative estimate of drug-likeness (QED) is 0.600. The van der Waals surface area contributed by atoms with E-state index in [4.69, 9.17) is 18.0 Å². The molecule has 0 saturated carbocycles. The van der Waals surface area contributed by atoms with Gasteiger partial charge in [-0.3, -0.25) is 4.79 Å². The van der Waals surface area contributed by atoms with Gasteiger partial charge >= 0.3 is 0 Å². The Kier molecular flexibility index (Phi) is 4.22. The van der Waals surface area contributed by atoms with Gasteiger partial charge in [-0.25, -0.2) is 0 Å². The third kappa shape index (κ3) is 7.56. The van der Waals surface area contributed by atoms with Crippen LogP contribution in [0.25, 0.3) is 0 Å². The van der Waals surface area contributed by atoms with Gasteiger partial charge in [0.15, 0.2) is 0 Å². The van der Waals surface area contributed by atoms with E-state index in [1.165, 1.54) is 0 Å². The molecule has 0 heterocycles. The van der Waals surface area contributed by atoms with Crippen LogP contribution in [0.5, 0.6) is 0 Å². The monoisotopic (exact) mass is 145 g/mol. The molecule has 2 nitrogen and oxygen atoms in total. The van der Waals surface area contributed by atoms with Crippen molar-refractivity contribution >= 4 is 23.0 Å². The highest BCUT2D eigenvalue weighted by Crippen LogP contribution is 1.95. The third-order valence-corrected chi connectivity index (χ3v) is 1.16. The SMILES string of the molecule is CC(=S)CCCC(N)=O. The van der Waals surface area contributed by atoms with Crippen molar-refractivity contribution in [2.75, 3.05) is 0 Å². The molecule has 0 bridgehead atoms. The fourth-order valence-corrected chi connectivity index (χ4v) is 0.656. The van der Waals surface area contributed by atoms with Crippen molar-refractivity contribution in [3.63, 3.8) is 0 Å². The van der Waals surface area contributed by atoms with Gasteiger partial charge in [0.2, 0.25) is 5.91 Å². The zero-order valence-electron chi connectivity index (χ0n) is 5.52. The van der Waals surface area contributed by atoms with E-state index in [1.54, 1.807) is 0 Å². The second-order valence-corrected chi connectivity index (χ2v) is 2.72. The van der Waals surface area contributed by atoms with Crippen molar-refractivity contribution in [2.24, 2.45) is 5.73 Å². The van der Waals surface area contributed by atoms with E-state index in [0.29, 0.717) is 6.42 Å². The molecule has 0 aliphatic heterocycles. The third-order valence-electron chi connectivity index (χ3n) is 0.952. The summed E-state index contributed by atoms with van der Waals surface area (Å²) in [5.74, 6) is -0.244. The summed E-state index contributed by atoms with van der Waals surface area (Å²) in [5, 5.41) is 0. The molecule has 0 aromatic carbocycles. The van der Waals surface area contributed by atoms with E-state index in [-0.39, 0.29) is 5.91 Å². The smallest absolute Gasteiger partial charge is 0.217 e. The largest absolute Gasteiger partial charge is 0.370 e. The minimum Gasteiger partial charge on any atom is -0.370 e. The number of amides is 1. The van der Waals surface area contributed by atoms with Crippen LogP contribution in [-0.2, 0) is 4.79 Å². The molecular formula is C6H11NOS. The van der Waals surface area contributed by atoms with Gasteiger partial charge in [-0.15, -0.1) is 0 Å². The molecule has 3 heteroatoms. The minimum atomic E-state index is -0.244. The highest BCUT2D eigenvalue weighted by molar-refractivity contribution is 7.80. The molecule has 52 valence electrons. The number of primary amides is 1. The molecule has 0 aliphatic rings. The molecule has 2 N–H and O–H groups in total. The molecule has 9 heavy (non-hydrogen) atoms. The number of thiocarbonyl (C=S) groups is 1. The lowest BCUT2D eigenvalue weighted by atomic mass is 10.2. The summed E-state index contributed by atoms with van der Waals surface area (Å²) in [6, 6.07) is 0. The summed E-state index contributed by atoms with van der Waals surface area (Å²) in [6.07, 6.45) is 2.08. The van der Waals surface area contributed by atoms with Crippen molar-refractivity contribution < 1.29 is 4.79 Å². The number of carbonyl (C=O) groups is 1. The van der Waals surface area contributed by atoms with Crippen LogP contribution >= 0.6 is 12.2 Å². The van der Waals surface area contributed by atoms with Gasteiger partial charge in [0.1, 0.15) is 0 Å². The number of carbonyl (C=O) groups excluding carboxylic acids is 1. The van der Waals surface area contributed by atoms with Gasteiger partial charge in [0, 0.05) is 6.42 Å². The molecule has 0 spiro atoms. The number of hydrogen-bond donors (Lipinski definition) is 1. The first-order valence-electron chi connectivity index (χ1n) is 2.90. The summed E-state index contributed by atoms with van der Waals surface area (Å²) in [6.45, 7) is 1.87. The van der Waals surface area contributed by atoms with E-state index in [1.807, 2.05) is 6.92 Å². The van der Waals surface area contributed by atoms with Crippen LogP contribution in [-0.4, -0.2) is 10.8 Å². The number of nitrogens with two attached hydrogens (primary N) is 1. The predicted molar refractivity (Wildman–Crippen MR) is 41.3 cm³/mol. The van der Waals surface area contributed by atoms with E-state index in [0.717, 1.165) is 17.7 Å². The second-order valence-electron chi connectivity index (χ2n) is 2.02. The summed E-state index contributed by atoms with van der Waals surface area (Å²) in [5.41, 5.74) is 4.90. The van der Waals surface area contributed by atoms with Crippen LogP contribution in [0.1, 0.15) is 26.2 Å².